The molecule has 29 heavy (non-hydrogen) atoms. The van der Waals surface area contributed by atoms with Crippen LogP contribution in [0.1, 0.15) is 41.3 Å². The zero-order valence-corrected chi connectivity index (χ0v) is 17.8. The molecule has 3 N–H and O–H groups in total. The number of aliphatic imine (C=N–C) groups is 1. The highest BCUT2D eigenvalue weighted by Crippen LogP contribution is 2.25. The molecule has 0 radical (unpaired) electrons. The van der Waals surface area contributed by atoms with Crippen molar-refractivity contribution in [3.8, 4) is 5.75 Å². The molecule has 0 saturated heterocycles. The van der Waals surface area contributed by atoms with Gasteiger partial charge < -0.3 is 20.7 Å². The van der Waals surface area contributed by atoms with Crippen LogP contribution < -0.4 is 20.7 Å². The van der Waals surface area contributed by atoms with Crippen molar-refractivity contribution < 1.29 is 9.53 Å². The van der Waals surface area contributed by atoms with Gasteiger partial charge >= 0.3 is 0 Å². The molecule has 0 aromatic heterocycles. The van der Waals surface area contributed by atoms with Crippen LogP contribution in [0.5, 0.6) is 5.75 Å². The number of carbonyl (C=O) groups excluding carboxylic acids is 1. The number of amides is 1. The van der Waals surface area contributed by atoms with E-state index in [1.54, 1.807) is 14.1 Å². The fourth-order valence-electron chi connectivity index (χ4n) is 2.98. The molecule has 2 aromatic carbocycles. The molecule has 0 aliphatic carbocycles. The quantitative estimate of drug-likeness (QED) is 0.346. The van der Waals surface area contributed by atoms with E-state index in [4.69, 9.17) is 4.74 Å². The van der Waals surface area contributed by atoms with Gasteiger partial charge in [-0.15, -0.1) is 0 Å². The monoisotopic (exact) mass is 396 g/mol. The van der Waals surface area contributed by atoms with E-state index < -0.39 is 0 Å². The lowest BCUT2D eigenvalue weighted by Gasteiger charge is -2.15. The average Bonchev–Trinajstić information content (AvgIpc) is 2.75. The van der Waals surface area contributed by atoms with Crippen LogP contribution in [0.25, 0.3) is 0 Å². The Bertz CT molecular complexity index is 818. The van der Waals surface area contributed by atoms with Crippen LogP contribution >= 0.6 is 0 Å². The van der Waals surface area contributed by atoms with E-state index in [0.717, 1.165) is 23.7 Å². The van der Waals surface area contributed by atoms with Gasteiger partial charge in [0, 0.05) is 26.2 Å². The second-order valence-corrected chi connectivity index (χ2v) is 7.00. The summed E-state index contributed by atoms with van der Waals surface area (Å²) in [6, 6.07) is 15.8. The first-order valence-corrected chi connectivity index (χ1v) is 10.0. The topological polar surface area (TPSA) is 74.8 Å². The third kappa shape index (κ3) is 7.14. The van der Waals surface area contributed by atoms with E-state index in [2.05, 4.69) is 40.9 Å². The zero-order valence-electron chi connectivity index (χ0n) is 17.8. The fraction of sp³-hybridized carbons (Fsp3) is 0.391. The molecule has 1 amide bonds. The van der Waals surface area contributed by atoms with Crippen molar-refractivity contribution in [2.45, 2.75) is 26.2 Å². The van der Waals surface area contributed by atoms with Gasteiger partial charge in [0.05, 0.1) is 6.54 Å². The molecule has 0 spiro atoms. The van der Waals surface area contributed by atoms with Crippen LogP contribution in [-0.2, 0) is 6.42 Å². The standard InChI is InChI=1S/C23H32N4O2/c1-17(2)20-10-5-6-11-21(20)29-15-14-27-23(25-4)26-13-12-18-8-7-9-19(16-18)22(28)24-3/h5-11,16-17H,12-15H2,1-4H3,(H,24,28)(H2,25,26,27). The summed E-state index contributed by atoms with van der Waals surface area (Å²) in [5.41, 5.74) is 2.99. The molecule has 156 valence electrons. The van der Waals surface area contributed by atoms with Crippen molar-refractivity contribution in [1.82, 2.24) is 16.0 Å². The van der Waals surface area contributed by atoms with Gasteiger partial charge in [-0.25, -0.2) is 0 Å². The van der Waals surface area contributed by atoms with E-state index in [0.29, 0.717) is 31.2 Å². The first-order valence-electron chi connectivity index (χ1n) is 10.0. The summed E-state index contributed by atoms with van der Waals surface area (Å²) >= 11 is 0. The largest absolute Gasteiger partial charge is 0.491 e. The Morgan fingerprint density at radius 3 is 2.55 bits per heavy atom. The number of ether oxygens (including phenoxy) is 1. The maximum atomic E-state index is 11.7. The fourth-order valence-corrected chi connectivity index (χ4v) is 2.98. The summed E-state index contributed by atoms with van der Waals surface area (Å²) in [6.45, 7) is 6.25. The molecular weight excluding hydrogens is 364 g/mol. The molecule has 0 aliphatic heterocycles. The molecule has 2 rings (SSSR count). The van der Waals surface area contributed by atoms with E-state index >= 15 is 0 Å². The highest BCUT2D eigenvalue weighted by Gasteiger charge is 2.07. The Labute approximate surface area is 173 Å². The molecule has 6 nitrogen and oxygen atoms in total. The summed E-state index contributed by atoms with van der Waals surface area (Å²) in [4.78, 5) is 16.0. The molecule has 6 heteroatoms. The lowest BCUT2D eigenvalue weighted by Crippen LogP contribution is -2.40. The van der Waals surface area contributed by atoms with Gasteiger partial charge in [0.15, 0.2) is 5.96 Å². The predicted molar refractivity (Wildman–Crippen MR) is 119 cm³/mol. The molecular formula is C23H32N4O2. The number of rotatable bonds is 9. The number of guanidine groups is 1. The van der Waals surface area contributed by atoms with E-state index in [1.807, 2.05) is 42.5 Å². The number of benzene rings is 2. The number of nitrogens with one attached hydrogen (secondary N) is 3. The third-order valence-corrected chi connectivity index (χ3v) is 4.54. The Hall–Kier alpha value is -3.02. The molecule has 0 unspecified atom stereocenters. The number of hydrogen-bond donors (Lipinski definition) is 3. The summed E-state index contributed by atoms with van der Waals surface area (Å²) in [5.74, 6) is 2.02. The first kappa shape index (κ1) is 22.3. The summed E-state index contributed by atoms with van der Waals surface area (Å²) in [5, 5.41) is 9.20. The molecule has 0 heterocycles. The van der Waals surface area contributed by atoms with Gasteiger partial charge in [0.2, 0.25) is 0 Å². The minimum Gasteiger partial charge on any atom is -0.491 e. The first-order chi connectivity index (χ1) is 14.0. The summed E-state index contributed by atoms with van der Waals surface area (Å²) in [6.07, 6.45) is 0.795. The van der Waals surface area contributed by atoms with Crippen LogP contribution in [-0.4, -0.2) is 45.7 Å². The van der Waals surface area contributed by atoms with Gasteiger partial charge in [-0.05, 0) is 41.7 Å². The van der Waals surface area contributed by atoms with Crippen LogP contribution in [0.2, 0.25) is 0 Å². The Morgan fingerprint density at radius 2 is 1.83 bits per heavy atom. The van der Waals surface area contributed by atoms with E-state index in [-0.39, 0.29) is 5.91 Å². The SMILES string of the molecule is CN=C(NCCOc1ccccc1C(C)C)NCCc1cccc(C(=O)NC)c1. The van der Waals surface area contributed by atoms with Gasteiger partial charge in [0.1, 0.15) is 12.4 Å². The predicted octanol–water partition coefficient (Wildman–Crippen LogP) is 2.96. The maximum absolute atomic E-state index is 11.7. The lowest BCUT2D eigenvalue weighted by molar-refractivity contribution is 0.0963. The molecule has 0 bridgehead atoms. The van der Waals surface area contributed by atoms with Crippen LogP contribution in [0.3, 0.4) is 0 Å². The van der Waals surface area contributed by atoms with Gasteiger partial charge in [-0.3, -0.25) is 9.79 Å². The molecule has 0 atom stereocenters. The van der Waals surface area contributed by atoms with Crippen molar-refractivity contribution in [3.63, 3.8) is 0 Å². The van der Waals surface area contributed by atoms with Crippen LogP contribution in [0, 0.1) is 0 Å². The number of carbonyl (C=O) groups is 1. The smallest absolute Gasteiger partial charge is 0.251 e. The second kappa shape index (κ2) is 11.7. The third-order valence-electron chi connectivity index (χ3n) is 4.54. The van der Waals surface area contributed by atoms with Crippen molar-refractivity contribution in [1.29, 1.82) is 0 Å². The van der Waals surface area contributed by atoms with Gasteiger partial charge in [0.25, 0.3) is 5.91 Å². The molecule has 0 fully saturated rings. The highest BCUT2D eigenvalue weighted by atomic mass is 16.5. The number of hydrogen-bond acceptors (Lipinski definition) is 3. The average molecular weight is 397 g/mol. The normalized spacial score (nSPS) is 11.3. The van der Waals surface area contributed by atoms with Gasteiger partial charge in [-0.2, -0.15) is 0 Å². The summed E-state index contributed by atoms with van der Waals surface area (Å²) in [7, 11) is 3.38. The van der Waals surface area contributed by atoms with Crippen LogP contribution in [0.15, 0.2) is 53.5 Å². The van der Waals surface area contributed by atoms with E-state index in [9.17, 15) is 4.79 Å². The van der Waals surface area contributed by atoms with Gasteiger partial charge in [-0.1, -0.05) is 44.2 Å². The number of para-hydroxylation sites is 1. The highest BCUT2D eigenvalue weighted by molar-refractivity contribution is 5.94. The molecule has 0 aliphatic rings. The number of nitrogens with zero attached hydrogens (tertiary/aromatic N) is 1. The minimum atomic E-state index is -0.0728. The van der Waals surface area contributed by atoms with Crippen LogP contribution in [0.4, 0.5) is 0 Å². The Balaban J connectivity index is 1.74. The lowest BCUT2D eigenvalue weighted by atomic mass is 10.0. The maximum Gasteiger partial charge on any atom is 0.251 e. The zero-order chi connectivity index (χ0) is 21.1. The minimum absolute atomic E-state index is 0.0728. The molecule has 0 saturated carbocycles. The van der Waals surface area contributed by atoms with Crippen molar-refractivity contribution in [2.24, 2.45) is 4.99 Å². The Kier molecular flexibility index (Phi) is 9.02. The van der Waals surface area contributed by atoms with Crippen molar-refractivity contribution in [2.75, 3.05) is 33.8 Å². The van der Waals surface area contributed by atoms with E-state index in [1.165, 1.54) is 5.56 Å². The molecule has 2 aromatic rings. The van der Waals surface area contributed by atoms with Crippen molar-refractivity contribution in [3.05, 3.63) is 65.2 Å². The second-order valence-electron chi connectivity index (χ2n) is 7.00. The van der Waals surface area contributed by atoms with Crippen molar-refractivity contribution >= 4 is 11.9 Å². The Morgan fingerprint density at radius 1 is 1.07 bits per heavy atom. The summed E-state index contributed by atoms with van der Waals surface area (Å²) < 4.78 is 5.93.